The number of fused-ring (bicyclic) bond motifs is 1. The number of nitrogens with zero attached hydrogens (tertiary/aromatic N) is 1. The molecular formula is C12H14N4O5. The lowest BCUT2D eigenvalue weighted by molar-refractivity contribution is -0.384. The highest BCUT2D eigenvalue weighted by Crippen LogP contribution is 2.38. The van der Waals surface area contributed by atoms with E-state index in [4.69, 9.17) is 10.5 Å². The zero-order chi connectivity index (χ0) is 15.8. The van der Waals surface area contributed by atoms with E-state index in [1.807, 2.05) is 0 Å². The normalized spacial score (nSPS) is 13.7. The molecule has 0 saturated heterocycles. The molecule has 0 saturated carbocycles. The van der Waals surface area contributed by atoms with Crippen molar-refractivity contribution >= 4 is 28.9 Å². The Morgan fingerprint density at radius 2 is 2.19 bits per heavy atom. The molecule has 2 rings (SSSR count). The van der Waals surface area contributed by atoms with Gasteiger partial charge in [0.1, 0.15) is 11.2 Å². The molecule has 0 bridgehead atoms. The van der Waals surface area contributed by atoms with E-state index in [1.54, 1.807) is 0 Å². The maximum absolute atomic E-state index is 11.3. The fraction of sp³-hybridized carbons (Fsp3) is 0.333. The predicted molar refractivity (Wildman–Crippen MR) is 74.1 cm³/mol. The van der Waals surface area contributed by atoms with Crippen molar-refractivity contribution in [3.8, 4) is 5.75 Å². The summed E-state index contributed by atoms with van der Waals surface area (Å²) in [5, 5.41) is 16.4. The second kappa shape index (κ2) is 4.93. The number of nitrogens with two attached hydrogens (primary N) is 1. The van der Waals surface area contributed by atoms with Gasteiger partial charge in [-0.1, -0.05) is 0 Å². The third kappa shape index (κ3) is 2.86. The Hall–Kier alpha value is -2.84. The van der Waals surface area contributed by atoms with E-state index in [0.29, 0.717) is 5.69 Å². The molecule has 21 heavy (non-hydrogen) atoms. The van der Waals surface area contributed by atoms with E-state index in [2.05, 4.69) is 10.6 Å². The summed E-state index contributed by atoms with van der Waals surface area (Å²) < 4.78 is 5.12. The number of benzene rings is 1. The smallest absolute Gasteiger partial charge is 0.296 e. The van der Waals surface area contributed by atoms with Crippen LogP contribution in [0.1, 0.15) is 13.8 Å². The minimum Gasteiger partial charge on any atom is -0.481 e. The molecule has 1 aliphatic rings. The van der Waals surface area contributed by atoms with Gasteiger partial charge in [-0.15, -0.1) is 0 Å². The lowest BCUT2D eigenvalue weighted by Gasteiger charge is -2.25. The average Bonchev–Trinajstić information content (AvgIpc) is 2.36. The number of primary amides is 1. The summed E-state index contributed by atoms with van der Waals surface area (Å²) >= 11 is 0. The van der Waals surface area contributed by atoms with Gasteiger partial charge < -0.3 is 21.1 Å². The van der Waals surface area contributed by atoms with Crippen molar-refractivity contribution in [3.63, 3.8) is 0 Å². The molecule has 1 aromatic carbocycles. The quantitative estimate of drug-likeness (QED) is 0.549. The first-order valence-electron chi connectivity index (χ1n) is 6.04. The van der Waals surface area contributed by atoms with Crippen LogP contribution in [0, 0.1) is 10.1 Å². The summed E-state index contributed by atoms with van der Waals surface area (Å²) in [6, 6.07) is 2.53. The first kappa shape index (κ1) is 14.6. The molecule has 0 aliphatic carbocycles. The molecule has 0 aromatic heterocycles. The van der Waals surface area contributed by atoms with Gasteiger partial charge in [0.25, 0.3) is 11.6 Å². The van der Waals surface area contributed by atoms with Crippen molar-refractivity contribution in [1.82, 2.24) is 0 Å². The van der Waals surface area contributed by atoms with Gasteiger partial charge in [0.05, 0.1) is 16.7 Å². The SMILES string of the molecule is CC(C)(Nc1cc2c(cc1[N+](=O)[O-])OCC(=O)N2)C(N)=O. The molecule has 9 nitrogen and oxygen atoms in total. The number of anilines is 2. The number of carbonyl (C=O) groups excluding carboxylic acids is 2. The van der Waals surface area contributed by atoms with E-state index < -0.39 is 16.4 Å². The van der Waals surface area contributed by atoms with Crippen molar-refractivity contribution in [2.45, 2.75) is 19.4 Å². The molecule has 1 aliphatic heterocycles. The Labute approximate surface area is 119 Å². The number of amides is 2. The number of nitro benzene ring substituents is 1. The number of ether oxygens (including phenoxy) is 1. The summed E-state index contributed by atoms with van der Waals surface area (Å²) in [6.45, 7) is 2.78. The number of nitro groups is 1. The maximum Gasteiger partial charge on any atom is 0.296 e. The van der Waals surface area contributed by atoms with Gasteiger partial charge in [0.15, 0.2) is 12.4 Å². The fourth-order valence-corrected chi connectivity index (χ4v) is 1.77. The highest BCUT2D eigenvalue weighted by atomic mass is 16.6. The van der Waals surface area contributed by atoms with Gasteiger partial charge >= 0.3 is 0 Å². The minimum absolute atomic E-state index is 0.0633. The number of rotatable bonds is 4. The molecule has 2 amide bonds. The van der Waals surface area contributed by atoms with Crippen molar-refractivity contribution in [2.24, 2.45) is 5.73 Å². The monoisotopic (exact) mass is 294 g/mol. The molecule has 0 fully saturated rings. The number of hydrogen-bond acceptors (Lipinski definition) is 6. The third-order valence-electron chi connectivity index (χ3n) is 2.99. The Bertz CT molecular complexity index is 641. The Morgan fingerprint density at radius 1 is 1.52 bits per heavy atom. The number of carbonyl (C=O) groups is 2. The van der Waals surface area contributed by atoms with Crippen LogP contribution in [-0.4, -0.2) is 28.9 Å². The summed E-state index contributed by atoms with van der Waals surface area (Å²) in [7, 11) is 0. The molecule has 4 N–H and O–H groups in total. The summed E-state index contributed by atoms with van der Waals surface area (Å²) in [5.41, 5.74) is 4.12. The first-order chi connectivity index (χ1) is 9.70. The zero-order valence-corrected chi connectivity index (χ0v) is 11.4. The topological polar surface area (TPSA) is 137 Å². The van der Waals surface area contributed by atoms with Crippen LogP contribution in [0.4, 0.5) is 17.1 Å². The van der Waals surface area contributed by atoms with Crippen LogP contribution in [0.25, 0.3) is 0 Å². The predicted octanol–water partition coefficient (Wildman–Crippen LogP) is 0.601. The van der Waals surface area contributed by atoms with Crippen LogP contribution in [0.3, 0.4) is 0 Å². The van der Waals surface area contributed by atoms with Crippen LogP contribution < -0.4 is 21.1 Å². The second-order valence-electron chi connectivity index (χ2n) is 5.07. The molecule has 0 radical (unpaired) electrons. The number of hydrogen-bond donors (Lipinski definition) is 3. The molecule has 0 spiro atoms. The summed E-state index contributed by atoms with van der Waals surface area (Å²) in [5.74, 6) is -0.838. The van der Waals surface area contributed by atoms with Crippen LogP contribution in [0.2, 0.25) is 0 Å². The van der Waals surface area contributed by atoms with E-state index >= 15 is 0 Å². The van der Waals surface area contributed by atoms with Crippen molar-refractivity contribution in [2.75, 3.05) is 17.2 Å². The van der Waals surface area contributed by atoms with Crippen molar-refractivity contribution < 1.29 is 19.2 Å². The third-order valence-corrected chi connectivity index (χ3v) is 2.99. The van der Waals surface area contributed by atoms with Gasteiger partial charge in [-0.3, -0.25) is 19.7 Å². The van der Waals surface area contributed by atoms with Crippen LogP contribution in [-0.2, 0) is 9.59 Å². The first-order valence-corrected chi connectivity index (χ1v) is 6.04. The standard InChI is InChI=1S/C12H14N4O5/c1-12(2,11(13)18)15-6-3-7-9(4-8(6)16(19)20)21-5-10(17)14-7/h3-4,15H,5H2,1-2H3,(H2,13,18)(H,14,17). The molecule has 1 aromatic rings. The maximum atomic E-state index is 11.3. The summed E-state index contributed by atoms with van der Waals surface area (Å²) in [4.78, 5) is 33.2. The fourth-order valence-electron chi connectivity index (χ4n) is 1.77. The van der Waals surface area contributed by atoms with E-state index in [0.717, 1.165) is 0 Å². The lowest BCUT2D eigenvalue weighted by Crippen LogP contribution is -2.45. The number of nitrogens with one attached hydrogen (secondary N) is 2. The van der Waals surface area contributed by atoms with Gasteiger partial charge in [0, 0.05) is 0 Å². The van der Waals surface area contributed by atoms with Gasteiger partial charge in [0.2, 0.25) is 5.91 Å². The van der Waals surface area contributed by atoms with Crippen LogP contribution in [0.5, 0.6) is 5.75 Å². The largest absolute Gasteiger partial charge is 0.481 e. The molecule has 9 heteroatoms. The van der Waals surface area contributed by atoms with Crippen LogP contribution in [0.15, 0.2) is 12.1 Å². The van der Waals surface area contributed by atoms with E-state index in [9.17, 15) is 19.7 Å². The molecule has 0 unspecified atom stereocenters. The van der Waals surface area contributed by atoms with Gasteiger partial charge in [-0.25, -0.2) is 0 Å². The zero-order valence-electron chi connectivity index (χ0n) is 11.4. The Kier molecular flexibility index (Phi) is 3.42. The van der Waals surface area contributed by atoms with Gasteiger partial charge in [-0.05, 0) is 19.9 Å². The van der Waals surface area contributed by atoms with E-state index in [1.165, 1.54) is 26.0 Å². The van der Waals surface area contributed by atoms with Crippen molar-refractivity contribution in [1.29, 1.82) is 0 Å². The summed E-state index contributed by atoms with van der Waals surface area (Å²) in [6.07, 6.45) is 0. The molecule has 112 valence electrons. The van der Waals surface area contributed by atoms with Crippen molar-refractivity contribution in [3.05, 3.63) is 22.2 Å². The molecule has 0 atom stereocenters. The van der Waals surface area contributed by atoms with Crippen LogP contribution >= 0.6 is 0 Å². The molecular weight excluding hydrogens is 280 g/mol. The average molecular weight is 294 g/mol. The second-order valence-corrected chi connectivity index (χ2v) is 5.07. The lowest BCUT2D eigenvalue weighted by atomic mass is 10.0. The molecule has 1 heterocycles. The Balaban J connectivity index is 2.48. The highest BCUT2D eigenvalue weighted by Gasteiger charge is 2.30. The minimum atomic E-state index is -1.20. The highest BCUT2D eigenvalue weighted by molar-refractivity contribution is 5.97. The Morgan fingerprint density at radius 3 is 2.76 bits per heavy atom. The van der Waals surface area contributed by atoms with E-state index in [-0.39, 0.29) is 29.6 Å². The van der Waals surface area contributed by atoms with Gasteiger partial charge in [-0.2, -0.15) is 0 Å².